The van der Waals surface area contributed by atoms with Gasteiger partial charge >= 0.3 is 0 Å². The van der Waals surface area contributed by atoms with Crippen LogP contribution in [0.25, 0.3) is 0 Å². The summed E-state index contributed by atoms with van der Waals surface area (Å²) in [4.78, 5) is 27.9. The highest BCUT2D eigenvalue weighted by atomic mass is 35.5. The van der Waals surface area contributed by atoms with Gasteiger partial charge < -0.3 is 16.4 Å². The molecule has 1 aromatic heterocycles. The summed E-state index contributed by atoms with van der Waals surface area (Å²) in [6.45, 7) is 1.88. The number of hydrogen-bond donors (Lipinski definition) is 3. The Morgan fingerprint density at radius 3 is 2.50 bits per heavy atom. The summed E-state index contributed by atoms with van der Waals surface area (Å²) < 4.78 is 0. The average molecular weight is 456 g/mol. The molecule has 4 N–H and O–H groups in total. The van der Waals surface area contributed by atoms with Gasteiger partial charge in [0.25, 0.3) is 11.6 Å². The predicted octanol–water partition coefficient (Wildman–Crippen LogP) is 4.01. The second kappa shape index (κ2) is 11.7. The third-order valence-electron chi connectivity index (χ3n) is 5.07. The van der Waals surface area contributed by atoms with Crippen LogP contribution in [0, 0.1) is 10.1 Å². The van der Waals surface area contributed by atoms with E-state index in [0.717, 1.165) is 31.4 Å². The van der Waals surface area contributed by atoms with Gasteiger partial charge in [-0.3, -0.25) is 19.9 Å². The molecule has 1 saturated carbocycles. The predicted molar refractivity (Wildman–Crippen MR) is 122 cm³/mol. The van der Waals surface area contributed by atoms with Gasteiger partial charge in [0.15, 0.2) is 0 Å². The minimum absolute atomic E-state index is 0. The van der Waals surface area contributed by atoms with Gasteiger partial charge in [-0.1, -0.05) is 6.07 Å². The van der Waals surface area contributed by atoms with E-state index in [0.29, 0.717) is 5.69 Å². The first-order chi connectivity index (χ1) is 13.4. The number of anilines is 1. The Kier molecular flexibility index (Phi) is 9.98. The highest BCUT2D eigenvalue weighted by molar-refractivity contribution is 5.96. The Morgan fingerprint density at radius 1 is 1.20 bits per heavy atom. The molecular weight excluding hydrogens is 429 g/mol. The summed E-state index contributed by atoms with van der Waals surface area (Å²) in [7, 11) is 0. The molecule has 1 aliphatic rings. The van der Waals surface area contributed by atoms with E-state index >= 15 is 0 Å². The largest absolute Gasteiger partial charge is 0.371 e. The number of nitrogens with zero attached hydrogens (tertiary/aromatic N) is 2. The van der Waals surface area contributed by atoms with Crippen molar-refractivity contribution in [2.45, 2.75) is 50.7 Å². The van der Waals surface area contributed by atoms with E-state index in [9.17, 15) is 14.9 Å². The molecule has 164 valence electrons. The van der Waals surface area contributed by atoms with E-state index in [2.05, 4.69) is 15.6 Å². The number of pyridine rings is 1. The fraction of sp³-hybridized carbons (Fsp3) is 0.400. The standard InChI is InChI=1S/C20H25N5O3.2ClH/c1-13(17-4-2-3-11-22-17)23-18-10-5-14(12-19(18)25(27)28)20(26)24-16-8-6-15(21)7-9-16;;/h2-5,10-13,15-16,23H,6-9,21H2,1H3,(H,24,26);2*1H. The first-order valence-electron chi connectivity index (χ1n) is 9.46. The van der Waals surface area contributed by atoms with Gasteiger partial charge in [-0.05, 0) is 56.9 Å². The molecule has 0 radical (unpaired) electrons. The Balaban J connectivity index is 0.00000225. The zero-order chi connectivity index (χ0) is 20.1. The van der Waals surface area contributed by atoms with E-state index in [1.807, 2.05) is 25.1 Å². The van der Waals surface area contributed by atoms with Gasteiger partial charge in [-0.2, -0.15) is 0 Å². The normalized spacial score (nSPS) is 18.9. The SMILES string of the molecule is CC(Nc1ccc(C(=O)NC2CCC(N)CC2)cc1[N+](=O)[O-])c1ccccn1.Cl.Cl. The van der Waals surface area contributed by atoms with E-state index in [1.54, 1.807) is 18.3 Å². The maximum atomic E-state index is 12.5. The third kappa shape index (κ3) is 6.55. The summed E-state index contributed by atoms with van der Waals surface area (Å²) in [6.07, 6.45) is 5.08. The van der Waals surface area contributed by atoms with Crippen molar-refractivity contribution >= 4 is 42.1 Å². The van der Waals surface area contributed by atoms with Crippen LogP contribution in [0.15, 0.2) is 42.6 Å². The number of carbonyl (C=O) groups is 1. The molecule has 1 aliphatic carbocycles. The molecule has 1 fully saturated rings. The number of carbonyl (C=O) groups excluding carboxylic acids is 1. The fourth-order valence-corrected chi connectivity index (χ4v) is 3.42. The minimum atomic E-state index is -0.482. The molecular formula is C20H27Cl2N5O3. The van der Waals surface area contributed by atoms with Crippen molar-refractivity contribution in [1.82, 2.24) is 10.3 Å². The van der Waals surface area contributed by atoms with Gasteiger partial charge in [0.05, 0.1) is 16.7 Å². The van der Waals surface area contributed by atoms with Crippen LogP contribution in [0.4, 0.5) is 11.4 Å². The Morgan fingerprint density at radius 2 is 1.90 bits per heavy atom. The maximum absolute atomic E-state index is 12.5. The van der Waals surface area contributed by atoms with Crippen LogP contribution in [-0.2, 0) is 0 Å². The van der Waals surface area contributed by atoms with Crippen LogP contribution < -0.4 is 16.4 Å². The number of nitro benzene ring substituents is 1. The molecule has 0 bridgehead atoms. The third-order valence-corrected chi connectivity index (χ3v) is 5.07. The van der Waals surface area contributed by atoms with Crippen LogP contribution in [0.2, 0.25) is 0 Å². The van der Waals surface area contributed by atoms with Crippen LogP contribution in [0.5, 0.6) is 0 Å². The minimum Gasteiger partial charge on any atom is -0.371 e. The Labute approximate surface area is 188 Å². The number of aromatic nitrogens is 1. The molecule has 2 aromatic rings. The number of halogens is 2. The van der Waals surface area contributed by atoms with E-state index in [1.165, 1.54) is 6.07 Å². The fourth-order valence-electron chi connectivity index (χ4n) is 3.42. The lowest BCUT2D eigenvalue weighted by Crippen LogP contribution is -2.40. The maximum Gasteiger partial charge on any atom is 0.293 e. The van der Waals surface area contributed by atoms with Gasteiger partial charge in [-0.25, -0.2) is 0 Å². The second-order valence-corrected chi connectivity index (χ2v) is 7.19. The molecule has 1 atom stereocenters. The molecule has 0 spiro atoms. The lowest BCUT2D eigenvalue weighted by Gasteiger charge is -2.26. The number of amides is 1. The van der Waals surface area contributed by atoms with Crippen LogP contribution in [-0.4, -0.2) is 27.9 Å². The summed E-state index contributed by atoms with van der Waals surface area (Å²) in [5.74, 6) is -0.298. The number of nitro groups is 1. The number of nitrogens with one attached hydrogen (secondary N) is 2. The highest BCUT2D eigenvalue weighted by Crippen LogP contribution is 2.29. The van der Waals surface area contributed by atoms with Crippen molar-refractivity contribution in [3.8, 4) is 0 Å². The molecule has 1 heterocycles. The van der Waals surface area contributed by atoms with E-state index < -0.39 is 4.92 Å². The number of nitrogens with two attached hydrogens (primary N) is 1. The summed E-state index contributed by atoms with van der Waals surface area (Å²) in [5, 5.41) is 17.6. The van der Waals surface area contributed by atoms with Crippen molar-refractivity contribution in [2.24, 2.45) is 5.73 Å². The van der Waals surface area contributed by atoms with Crippen LogP contribution >= 0.6 is 24.8 Å². The zero-order valence-electron chi connectivity index (χ0n) is 16.6. The van der Waals surface area contributed by atoms with Gasteiger partial charge in [0, 0.05) is 29.9 Å². The van der Waals surface area contributed by atoms with Gasteiger partial charge in [-0.15, -0.1) is 24.8 Å². The van der Waals surface area contributed by atoms with Crippen molar-refractivity contribution in [3.05, 3.63) is 64.0 Å². The monoisotopic (exact) mass is 455 g/mol. The molecule has 10 heteroatoms. The van der Waals surface area contributed by atoms with E-state index in [4.69, 9.17) is 5.73 Å². The van der Waals surface area contributed by atoms with Crippen molar-refractivity contribution in [2.75, 3.05) is 5.32 Å². The topological polar surface area (TPSA) is 123 Å². The van der Waals surface area contributed by atoms with Crippen LogP contribution in [0.3, 0.4) is 0 Å². The Hall–Kier alpha value is -2.42. The summed E-state index contributed by atoms with van der Waals surface area (Å²) >= 11 is 0. The van der Waals surface area contributed by atoms with Crippen molar-refractivity contribution in [1.29, 1.82) is 0 Å². The number of benzene rings is 1. The Bertz CT molecular complexity index is 846. The summed E-state index contributed by atoms with van der Waals surface area (Å²) in [6, 6.07) is 10.1. The quantitative estimate of drug-likeness (QED) is 0.446. The lowest BCUT2D eigenvalue weighted by atomic mass is 9.91. The average Bonchev–Trinajstić information content (AvgIpc) is 2.70. The number of hydrogen-bond acceptors (Lipinski definition) is 6. The van der Waals surface area contributed by atoms with Crippen LogP contribution in [0.1, 0.15) is 54.7 Å². The first kappa shape index (κ1) is 25.6. The summed E-state index contributed by atoms with van der Waals surface area (Å²) in [5.41, 5.74) is 7.15. The lowest BCUT2D eigenvalue weighted by molar-refractivity contribution is -0.384. The molecule has 1 unspecified atom stereocenters. The molecule has 8 nitrogen and oxygen atoms in total. The molecule has 1 aromatic carbocycles. The number of rotatable bonds is 6. The van der Waals surface area contributed by atoms with Crippen molar-refractivity contribution in [3.63, 3.8) is 0 Å². The van der Waals surface area contributed by atoms with Gasteiger partial charge in [0.1, 0.15) is 5.69 Å². The zero-order valence-corrected chi connectivity index (χ0v) is 18.2. The van der Waals surface area contributed by atoms with Crippen molar-refractivity contribution < 1.29 is 9.72 Å². The smallest absolute Gasteiger partial charge is 0.293 e. The molecule has 30 heavy (non-hydrogen) atoms. The molecule has 0 saturated heterocycles. The molecule has 0 aliphatic heterocycles. The highest BCUT2D eigenvalue weighted by Gasteiger charge is 2.23. The second-order valence-electron chi connectivity index (χ2n) is 7.19. The van der Waals surface area contributed by atoms with E-state index in [-0.39, 0.29) is 60.1 Å². The first-order valence-corrected chi connectivity index (χ1v) is 9.46. The molecule has 3 rings (SSSR count). The molecule has 1 amide bonds. The van der Waals surface area contributed by atoms with Gasteiger partial charge in [0.2, 0.25) is 0 Å².